The summed E-state index contributed by atoms with van der Waals surface area (Å²) >= 11 is 2.21. The number of pyridine rings is 2. The summed E-state index contributed by atoms with van der Waals surface area (Å²) in [4.78, 5) is 21.2. The normalized spacial score (nSPS) is 11.7. The molecular formula is C21H19IN4O2. The minimum Gasteiger partial charge on any atom is -0.444 e. The van der Waals surface area contributed by atoms with Gasteiger partial charge >= 0.3 is 6.09 Å². The molecule has 0 spiro atoms. The number of aromatic nitrogens is 3. The molecule has 0 radical (unpaired) electrons. The van der Waals surface area contributed by atoms with E-state index in [0.29, 0.717) is 5.69 Å². The number of benzene rings is 1. The van der Waals surface area contributed by atoms with Gasteiger partial charge in [-0.3, -0.25) is 14.9 Å². The standard InChI is InChI=1S/C21H19IN4O2/c1-21(2,3)28-20(27)25-19-15-10-18(24-11-14(15)4-5-16(19)22)26-9-7-13-6-8-23-12-17(13)26/h4-12H,1-3H3,(H,25,27). The smallest absolute Gasteiger partial charge is 0.412 e. The van der Waals surface area contributed by atoms with Crippen molar-refractivity contribution >= 4 is 56.0 Å². The quantitative estimate of drug-likeness (QED) is 0.379. The zero-order valence-corrected chi connectivity index (χ0v) is 17.9. The van der Waals surface area contributed by atoms with Crippen molar-refractivity contribution in [3.63, 3.8) is 0 Å². The first-order valence-corrected chi connectivity index (χ1v) is 9.89. The molecule has 0 aliphatic carbocycles. The molecule has 0 unspecified atom stereocenters. The topological polar surface area (TPSA) is 69.0 Å². The minimum absolute atomic E-state index is 0.480. The highest BCUT2D eigenvalue weighted by molar-refractivity contribution is 14.1. The van der Waals surface area contributed by atoms with Crippen LogP contribution in [0.15, 0.2) is 55.1 Å². The number of ether oxygens (including phenoxy) is 1. The predicted molar refractivity (Wildman–Crippen MR) is 119 cm³/mol. The molecule has 0 aliphatic rings. The number of rotatable bonds is 2. The fourth-order valence-corrected chi connectivity index (χ4v) is 3.62. The van der Waals surface area contributed by atoms with Gasteiger partial charge in [0, 0.05) is 38.3 Å². The largest absolute Gasteiger partial charge is 0.444 e. The Morgan fingerprint density at radius 3 is 2.75 bits per heavy atom. The van der Waals surface area contributed by atoms with E-state index in [0.717, 1.165) is 31.1 Å². The van der Waals surface area contributed by atoms with Crippen molar-refractivity contribution in [2.75, 3.05) is 5.32 Å². The number of amides is 1. The van der Waals surface area contributed by atoms with Gasteiger partial charge in [-0.1, -0.05) is 6.07 Å². The first-order chi connectivity index (χ1) is 13.3. The lowest BCUT2D eigenvalue weighted by atomic mass is 10.1. The molecule has 4 rings (SSSR count). The van der Waals surface area contributed by atoms with E-state index in [1.807, 2.05) is 74.3 Å². The third kappa shape index (κ3) is 3.66. The average molecular weight is 486 g/mol. The zero-order chi connectivity index (χ0) is 19.9. The van der Waals surface area contributed by atoms with Crippen LogP contribution in [0.1, 0.15) is 20.8 Å². The molecule has 0 bridgehead atoms. The highest BCUT2D eigenvalue weighted by Gasteiger charge is 2.18. The summed E-state index contributed by atoms with van der Waals surface area (Å²) in [5, 5.41) is 5.82. The monoisotopic (exact) mass is 486 g/mol. The number of anilines is 1. The van der Waals surface area contributed by atoms with Gasteiger partial charge in [0.2, 0.25) is 0 Å². The summed E-state index contributed by atoms with van der Waals surface area (Å²) in [5.74, 6) is 0.754. The number of carbonyl (C=O) groups excluding carboxylic acids is 1. The number of fused-ring (bicyclic) bond motifs is 2. The van der Waals surface area contributed by atoms with E-state index in [1.165, 1.54) is 0 Å². The van der Waals surface area contributed by atoms with E-state index >= 15 is 0 Å². The van der Waals surface area contributed by atoms with Gasteiger partial charge in [0.1, 0.15) is 11.4 Å². The van der Waals surface area contributed by atoms with E-state index in [1.54, 1.807) is 6.20 Å². The third-order valence-corrected chi connectivity index (χ3v) is 5.10. The van der Waals surface area contributed by atoms with Gasteiger partial charge in [0.05, 0.1) is 17.4 Å². The van der Waals surface area contributed by atoms with Gasteiger partial charge in [-0.15, -0.1) is 0 Å². The summed E-state index contributed by atoms with van der Waals surface area (Å²) in [6, 6.07) is 9.90. The number of halogens is 1. The highest BCUT2D eigenvalue weighted by Crippen LogP contribution is 2.31. The number of hydrogen-bond acceptors (Lipinski definition) is 4. The van der Waals surface area contributed by atoms with Crippen LogP contribution in [-0.4, -0.2) is 26.2 Å². The Morgan fingerprint density at radius 1 is 1.14 bits per heavy atom. The second-order valence-corrected chi connectivity index (χ2v) is 8.60. The van der Waals surface area contributed by atoms with Crippen molar-refractivity contribution < 1.29 is 9.53 Å². The summed E-state index contributed by atoms with van der Waals surface area (Å²) in [5.41, 5.74) is 1.12. The lowest BCUT2D eigenvalue weighted by molar-refractivity contribution is 0.0636. The minimum atomic E-state index is -0.566. The molecule has 0 saturated heterocycles. The Hall–Kier alpha value is -2.68. The van der Waals surface area contributed by atoms with Crippen LogP contribution in [0.25, 0.3) is 27.5 Å². The molecule has 28 heavy (non-hydrogen) atoms. The molecule has 3 aromatic heterocycles. The van der Waals surface area contributed by atoms with Crippen molar-refractivity contribution in [3.8, 4) is 5.82 Å². The Morgan fingerprint density at radius 2 is 1.96 bits per heavy atom. The molecule has 0 saturated carbocycles. The Kier molecular flexibility index (Phi) is 4.70. The van der Waals surface area contributed by atoms with Gasteiger partial charge in [-0.05, 0) is 67.6 Å². The van der Waals surface area contributed by atoms with Crippen molar-refractivity contribution in [2.45, 2.75) is 26.4 Å². The first kappa shape index (κ1) is 18.7. The summed E-state index contributed by atoms with van der Waals surface area (Å²) in [7, 11) is 0. The maximum Gasteiger partial charge on any atom is 0.412 e. The molecule has 0 atom stereocenters. The van der Waals surface area contributed by atoms with Crippen LogP contribution in [0.2, 0.25) is 0 Å². The van der Waals surface area contributed by atoms with Gasteiger partial charge in [-0.25, -0.2) is 9.78 Å². The second kappa shape index (κ2) is 7.05. The molecule has 1 N–H and O–H groups in total. The number of nitrogens with zero attached hydrogens (tertiary/aromatic N) is 3. The summed E-state index contributed by atoms with van der Waals surface area (Å²) in [6.07, 6.45) is 6.88. The lowest BCUT2D eigenvalue weighted by Gasteiger charge is -2.20. The zero-order valence-electron chi connectivity index (χ0n) is 15.7. The van der Waals surface area contributed by atoms with Crippen LogP contribution in [0.4, 0.5) is 10.5 Å². The highest BCUT2D eigenvalue weighted by atomic mass is 127. The van der Waals surface area contributed by atoms with Crippen LogP contribution in [0.5, 0.6) is 0 Å². The Labute approximate surface area is 176 Å². The van der Waals surface area contributed by atoms with Crippen LogP contribution in [-0.2, 0) is 4.74 Å². The van der Waals surface area contributed by atoms with Gasteiger partial charge < -0.3 is 4.74 Å². The maximum atomic E-state index is 12.3. The molecule has 1 aromatic carbocycles. The Bertz CT molecular complexity index is 1190. The number of carbonyl (C=O) groups is 1. The molecule has 6 nitrogen and oxygen atoms in total. The van der Waals surface area contributed by atoms with Crippen LogP contribution in [0.3, 0.4) is 0 Å². The molecule has 0 aliphatic heterocycles. The van der Waals surface area contributed by atoms with Gasteiger partial charge in [0.15, 0.2) is 0 Å². The predicted octanol–water partition coefficient (Wildman–Crippen LogP) is 5.53. The maximum absolute atomic E-state index is 12.3. The van der Waals surface area contributed by atoms with E-state index in [4.69, 9.17) is 4.74 Å². The lowest BCUT2D eigenvalue weighted by Crippen LogP contribution is -2.27. The summed E-state index contributed by atoms with van der Waals surface area (Å²) in [6.45, 7) is 5.52. The molecule has 142 valence electrons. The van der Waals surface area contributed by atoms with Gasteiger partial charge in [-0.2, -0.15) is 0 Å². The van der Waals surface area contributed by atoms with E-state index < -0.39 is 11.7 Å². The SMILES string of the molecule is CC(C)(C)OC(=O)Nc1c(I)ccc2cnc(-n3ccc4ccncc43)cc12. The van der Waals surface area contributed by atoms with E-state index in [9.17, 15) is 4.79 Å². The van der Waals surface area contributed by atoms with Crippen LogP contribution < -0.4 is 5.32 Å². The number of hydrogen-bond donors (Lipinski definition) is 1. The van der Waals surface area contributed by atoms with Crippen molar-refractivity contribution in [2.24, 2.45) is 0 Å². The van der Waals surface area contributed by atoms with Crippen LogP contribution in [0, 0.1) is 3.57 Å². The molecule has 1 amide bonds. The average Bonchev–Trinajstić information content (AvgIpc) is 3.06. The molecular weight excluding hydrogens is 467 g/mol. The second-order valence-electron chi connectivity index (χ2n) is 7.43. The Balaban J connectivity index is 1.81. The fraction of sp³-hybridized carbons (Fsp3) is 0.190. The third-order valence-electron chi connectivity index (χ3n) is 4.21. The van der Waals surface area contributed by atoms with E-state index in [-0.39, 0.29) is 0 Å². The molecule has 0 fully saturated rings. The van der Waals surface area contributed by atoms with Crippen molar-refractivity contribution in [1.82, 2.24) is 14.5 Å². The molecule has 7 heteroatoms. The van der Waals surface area contributed by atoms with E-state index in [2.05, 4.69) is 37.9 Å². The van der Waals surface area contributed by atoms with Crippen molar-refractivity contribution in [3.05, 3.63) is 58.7 Å². The van der Waals surface area contributed by atoms with Crippen molar-refractivity contribution in [1.29, 1.82) is 0 Å². The van der Waals surface area contributed by atoms with Gasteiger partial charge in [0.25, 0.3) is 0 Å². The molecule has 3 heterocycles. The summed E-state index contributed by atoms with van der Waals surface area (Å²) < 4.78 is 8.33. The number of nitrogens with one attached hydrogen (secondary N) is 1. The van der Waals surface area contributed by atoms with Crippen LogP contribution >= 0.6 is 22.6 Å². The fourth-order valence-electron chi connectivity index (χ4n) is 3.02. The first-order valence-electron chi connectivity index (χ1n) is 8.81. The molecule has 4 aromatic rings.